The molecule has 1 aliphatic rings. The number of nitrogens with one attached hydrogen (secondary N) is 1. The van der Waals surface area contributed by atoms with Crippen molar-refractivity contribution >= 4 is 29.1 Å². The zero-order valence-corrected chi connectivity index (χ0v) is 20.3. The normalized spacial score (nSPS) is 21.1. The zero-order valence-electron chi connectivity index (χ0n) is 18.8. The van der Waals surface area contributed by atoms with Crippen LogP contribution in [-0.2, 0) is 4.79 Å². The molecule has 0 spiro atoms. The lowest BCUT2D eigenvalue weighted by Gasteiger charge is -2.32. The summed E-state index contributed by atoms with van der Waals surface area (Å²) in [6.07, 6.45) is 2.06. The number of rotatable bonds is 10. The molecule has 2 aromatic carbocycles. The smallest absolute Gasteiger partial charge is 0.226 e. The molecule has 1 fully saturated rings. The van der Waals surface area contributed by atoms with Crippen LogP contribution in [0.25, 0.3) is 0 Å². The number of benzene rings is 2. The van der Waals surface area contributed by atoms with Crippen molar-refractivity contribution in [3.63, 3.8) is 0 Å². The number of carbonyl (C=O) groups excluding carboxylic acids is 1. The number of hydrogen-bond donors (Lipinski definition) is 3. The number of aryl methyl sites for hydroxylation is 1. The lowest BCUT2D eigenvalue weighted by molar-refractivity contribution is -0.133. The summed E-state index contributed by atoms with van der Waals surface area (Å²) in [5, 5.41) is 24.4. The van der Waals surface area contributed by atoms with E-state index in [9.17, 15) is 19.4 Å². The van der Waals surface area contributed by atoms with Crippen molar-refractivity contribution in [2.24, 2.45) is 11.3 Å². The molecule has 4 nitrogen and oxygen atoms in total. The minimum absolute atomic E-state index is 0.0185. The van der Waals surface area contributed by atoms with E-state index in [1.807, 2.05) is 6.92 Å². The van der Waals surface area contributed by atoms with Gasteiger partial charge in [-0.25, -0.2) is 4.39 Å². The maximum Gasteiger partial charge on any atom is 0.226 e. The van der Waals surface area contributed by atoms with Crippen LogP contribution < -0.4 is 5.32 Å². The largest absolute Gasteiger partial charge is 0.394 e. The topological polar surface area (TPSA) is 69.6 Å². The van der Waals surface area contributed by atoms with E-state index in [0.717, 1.165) is 17.5 Å². The Kier molecular flexibility index (Phi) is 8.22. The standard InChI is InChI=1S/C26H30Cl2FNO3/c1-4-8-26(3,13-24(32)16-6-5-7-17(27)10-16)25(33)30-23(14-31)20-11-19(20)18-12-21(28)22(29)9-15(18)2/h4-7,9-10,12,19-20,23-24,31-32H,1,8,11,13-14H2,2-3H3,(H,30,33)/t19?,20?,23-,24-,26+/m1/s1. The van der Waals surface area contributed by atoms with Crippen molar-refractivity contribution in [3.05, 3.63) is 81.6 Å². The van der Waals surface area contributed by atoms with Gasteiger partial charge in [-0.1, -0.05) is 48.3 Å². The first-order chi connectivity index (χ1) is 15.6. The number of allylic oxidation sites excluding steroid dienone is 1. The molecular weight excluding hydrogens is 464 g/mol. The third kappa shape index (κ3) is 5.96. The number of hydrogen-bond acceptors (Lipinski definition) is 3. The highest BCUT2D eigenvalue weighted by Gasteiger charge is 2.46. The fraction of sp³-hybridized carbons (Fsp3) is 0.423. The van der Waals surface area contributed by atoms with Crippen molar-refractivity contribution < 1.29 is 19.4 Å². The van der Waals surface area contributed by atoms with Gasteiger partial charge in [0.2, 0.25) is 5.91 Å². The van der Waals surface area contributed by atoms with Gasteiger partial charge < -0.3 is 15.5 Å². The third-order valence-corrected chi connectivity index (χ3v) is 7.12. The maximum absolute atomic E-state index is 13.7. The van der Waals surface area contributed by atoms with Gasteiger partial charge in [0.15, 0.2) is 0 Å². The molecule has 3 N–H and O–H groups in total. The first-order valence-electron chi connectivity index (χ1n) is 11.0. The molecule has 1 aliphatic carbocycles. The highest BCUT2D eigenvalue weighted by molar-refractivity contribution is 6.31. The first kappa shape index (κ1) is 25.7. The predicted octanol–water partition coefficient (Wildman–Crippen LogP) is 5.73. The van der Waals surface area contributed by atoms with Crippen LogP contribution in [-0.4, -0.2) is 28.8 Å². The van der Waals surface area contributed by atoms with Crippen LogP contribution in [0.15, 0.2) is 49.1 Å². The minimum Gasteiger partial charge on any atom is -0.394 e. The summed E-state index contributed by atoms with van der Waals surface area (Å²) >= 11 is 12.0. The van der Waals surface area contributed by atoms with E-state index in [1.165, 1.54) is 6.07 Å². The number of carbonyl (C=O) groups is 1. The monoisotopic (exact) mass is 493 g/mol. The molecule has 2 unspecified atom stereocenters. The molecule has 2 aromatic rings. The van der Waals surface area contributed by atoms with Crippen LogP contribution in [0.5, 0.6) is 0 Å². The Morgan fingerprint density at radius 1 is 1.36 bits per heavy atom. The average Bonchev–Trinajstić information content (AvgIpc) is 3.54. The quantitative estimate of drug-likeness (QED) is 0.370. The van der Waals surface area contributed by atoms with Crippen molar-refractivity contribution in [1.29, 1.82) is 0 Å². The molecule has 0 saturated heterocycles. The van der Waals surface area contributed by atoms with E-state index < -0.39 is 23.4 Å². The molecule has 1 saturated carbocycles. The Morgan fingerprint density at radius 2 is 2.09 bits per heavy atom. The van der Waals surface area contributed by atoms with Gasteiger partial charge in [-0.05, 0) is 79.0 Å². The Balaban J connectivity index is 1.72. The fourth-order valence-electron chi connectivity index (χ4n) is 4.55. The Bertz CT molecular complexity index is 1030. The van der Waals surface area contributed by atoms with Gasteiger partial charge in [-0.3, -0.25) is 4.79 Å². The first-order valence-corrected chi connectivity index (χ1v) is 11.8. The van der Waals surface area contributed by atoms with E-state index in [2.05, 4.69) is 11.9 Å². The Morgan fingerprint density at radius 3 is 2.73 bits per heavy atom. The van der Waals surface area contributed by atoms with Crippen molar-refractivity contribution in [2.75, 3.05) is 6.61 Å². The highest BCUT2D eigenvalue weighted by Crippen LogP contribution is 2.51. The summed E-state index contributed by atoms with van der Waals surface area (Å²) in [6.45, 7) is 7.16. The second-order valence-electron chi connectivity index (χ2n) is 9.22. The van der Waals surface area contributed by atoms with E-state index in [0.29, 0.717) is 17.0 Å². The van der Waals surface area contributed by atoms with Gasteiger partial charge in [0.05, 0.1) is 29.2 Å². The molecular formula is C26H30Cl2FNO3. The zero-order chi connectivity index (χ0) is 24.3. The molecule has 1 amide bonds. The van der Waals surface area contributed by atoms with Crippen LogP contribution in [0.2, 0.25) is 10.0 Å². The van der Waals surface area contributed by atoms with E-state index >= 15 is 0 Å². The molecule has 5 atom stereocenters. The summed E-state index contributed by atoms with van der Waals surface area (Å²) in [4.78, 5) is 13.3. The van der Waals surface area contributed by atoms with Crippen LogP contribution in [0.3, 0.4) is 0 Å². The van der Waals surface area contributed by atoms with Crippen LogP contribution in [0.1, 0.15) is 54.9 Å². The summed E-state index contributed by atoms with van der Waals surface area (Å²) in [7, 11) is 0. The summed E-state index contributed by atoms with van der Waals surface area (Å²) in [5.41, 5.74) is 1.43. The number of aliphatic hydroxyl groups is 2. The second kappa shape index (κ2) is 10.6. The predicted molar refractivity (Wildman–Crippen MR) is 130 cm³/mol. The van der Waals surface area contributed by atoms with Crippen molar-refractivity contribution in [3.8, 4) is 0 Å². The third-order valence-electron chi connectivity index (χ3n) is 6.60. The SMILES string of the molecule is C=CC[C@@](C)(C[C@@H](O)c1cccc(Cl)c1)C(=O)N[C@H](CO)C1CC1c1cc(Cl)c(F)cc1C. The second-order valence-corrected chi connectivity index (χ2v) is 10.1. The van der Waals surface area contributed by atoms with Gasteiger partial charge in [0.25, 0.3) is 0 Å². The molecule has 0 aliphatic heterocycles. The van der Waals surface area contributed by atoms with Gasteiger partial charge in [0.1, 0.15) is 5.82 Å². The summed E-state index contributed by atoms with van der Waals surface area (Å²) in [5.74, 6) is -0.615. The average molecular weight is 494 g/mol. The molecule has 33 heavy (non-hydrogen) atoms. The Labute approximate surface area is 204 Å². The molecule has 7 heteroatoms. The van der Waals surface area contributed by atoms with Crippen molar-refractivity contribution in [2.45, 2.75) is 51.2 Å². The fourth-order valence-corrected chi connectivity index (χ4v) is 4.93. The molecule has 0 bridgehead atoms. The van der Waals surface area contributed by atoms with Crippen LogP contribution >= 0.6 is 23.2 Å². The van der Waals surface area contributed by atoms with E-state index in [-0.39, 0.29) is 35.8 Å². The van der Waals surface area contributed by atoms with Gasteiger partial charge in [0, 0.05) is 5.02 Å². The lowest BCUT2D eigenvalue weighted by atomic mass is 9.78. The van der Waals surface area contributed by atoms with E-state index in [1.54, 1.807) is 43.3 Å². The number of halogens is 3. The number of aliphatic hydroxyl groups excluding tert-OH is 2. The maximum atomic E-state index is 13.7. The number of amides is 1. The molecule has 178 valence electrons. The molecule has 3 rings (SSSR count). The van der Waals surface area contributed by atoms with Crippen LogP contribution in [0.4, 0.5) is 4.39 Å². The van der Waals surface area contributed by atoms with Gasteiger partial charge in [-0.15, -0.1) is 6.58 Å². The van der Waals surface area contributed by atoms with Crippen LogP contribution in [0, 0.1) is 24.1 Å². The molecule has 0 aromatic heterocycles. The lowest BCUT2D eigenvalue weighted by Crippen LogP contribution is -2.47. The highest BCUT2D eigenvalue weighted by atomic mass is 35.5. The Hall–Kier alpha value is -1.92. The summed E-state index contributed by atoms with van der Waals surface area (Å²) < 4.78 is 13.7. The minimum atomic E-state index is -0.934. The summed E-state index contributed by atoms with van der Waals surface area (Å²) in [6, 6.07) is 9.52. The van der Waals surface area contributed by atoms with Gasteiger partial charge in [-0.2, -0.15) is 0 Å². The molecule has 0 radical (unpaired) electrons. The van der Waals surface area contributed by atoms with E-state index in [4.69, 9.17) is 23.2 Å². The van der Waals surface area contributed by atoms with Gasteiger partial charge >= 0.3 is 0 Å². The van der Waals surface area contributed by atoms with Crippen molar-refractivity contribution in [1.82, 2.24) is 5.32 Å². The molecule has 0 heterocycles.